The van der Waals surface area contributed by atoms with Gasteiger partial charge in [0.25, 0.3) is 5.91 Å². The molecule has 0 aromatic heterocycles. The number of halogens is 1. The Morgan fingerprint density at radius 2 is 2.14 bits per heavy atom. The Balaban J connectivity index is 2.18. The molecular formula is C17H16BrNO3. The first-order valence-electron chi connectivity index (χ1n) is 6.62. The van der Waals surface area contributed by atoms with Crippen molar-refractivity contribution in [3.05, 3.63) is 65.2 Å². The molecular weight excluding hydrogens is 346 g/mol. The van der Waals surface area contributed by atoms with Crippen molar-refractivity contribution in [1.29, 1.82) is 0 Å². The van der Waals surface area contributed by atoms with Gasteiger partial charge in [0.2, 0.25) is 0 Å². The van der Waals surface area contributed by atoms with Crippen molar-refractivity contribution in [2.45, 2.75) is 0 Å². The summed E-state index contributed by atoms with van der Waals surface area (Å²) in [6.07, 6.45) is 1.66. The lowest BCUT2D eigenvalue weighted by molar-refractivity contribution is 0.102. The summed E-state index contributed by atoms with van der Waals surface area (Å²) in [7, 11) is 1.53. The van der Waals surface area contributed by atoms with Crippen molar-refractivity contribution in [3.8, 4) is 11.5 Å². The summed E-state index contributed by atoms with van der Waals surface area (Å²) in [6.45, 7) is 4.01. The normalized spacial score (nSPS) is 9.91. The van der Waals surface area contributed by atoms with Crippen LogP contribution in [0.3, 0.4) is 0 Å². The third kappa shape index (κ3) is 4.11. The zero-order valence-corrected chi connectivity index (χ0v) is 13.7. The highest BCUT2D eigenvalue weighted by molar-refractivity contribution is 9.10. The van der Waals surface area contributed by atoms with Crippen LogP contribution in [0.2, 0.25) is 0 Å². The van der Waals surface area contributed by atoms with Gasteiger partial charge in [0, 0.05) is 16.2 Å². The van der Waals surface area contributed by atoms with Crippen LogP contribution < -0.4 is 14.8 Å². The Hall–Kier alpha value is -2.27. The van der Waals surface area contributed by atoms with Crippen molar-refractivity contribution in [2.24, 2.45) is 0 Å². The van der Waals surface area contributed by atoms with Crippen LogP contribution in [0.5, 0.6) is 11.5 Å². The van der Waals surface area contributed by atoms with E-state index in [4.69, 9.17) is 9.47 Å². The van der Waals surface area contributed by atoms with E-state index >= 15 is 0 Å². The van der Waals surface area contributed by atoms with Crippen molar-refractivity contribution in [2.75, 3.05) is 19.0 Å². The van der Waals surface area contributed by atoms with E-state index in [0.717, 1.165) is 4.47 Å². The lowest BCUT2D eigenvalue weighted by Crippen LogP contribution is -2.13. The summed E-state index contributed by atoms with van der Waals surface area (Å²) in [4.78, 5) is 12.4. The third-order valence-corrected chi connectivity index (χ3v) is 3.36. The monoisotopic (exact) mass is 361 g/mol. The smallest absolute Gasteiger partial charge is 0.259 e. The molecule has 0 fully saturated rings. The van der Waals surface area contributed by atoms with Crippen LogP contribution in [0.1, 0.15) is 10.4 Å². The fourth-order valence-corrected chi connectivity index (χ4v) is 2.24. The zero-order chi connectivity index (χ0) is 15.9. The van der Waals surface area contributed by atoms with E-state index in [0.29, 0.717) is 29.4 Å². The van der Waals surface area contributed by atoms with E-state index in [1.165, 1.54) is 7.11 Å². The maximum absolute atomic E-state index is 12.4. The zero-order valence-electron chi connectivity index (χ0n) is 12.1. The molecule has 2 rings (SSSR count). The summed E-state index contributed by atoms with van der Waals surface area (Å²) in [5.74, 6) is 0.928. The molecule has 0 aliphatic carbocycles. The first-order chi connectivity index (χ1) is 10.6. The number of hydrogen-bond donors (Lipinski definition) is 1. The highest BCUT2D eigenvalue weighted by Gasteiger charge is 2.13. The second-order valence-electron chi connectivity index (χ2n) is 4.43. The minimum atomic E-state index is -0.251. The van der Waals surface area contributed by atoms with Gasteiger partial charge >= 0.3 is 0 Å². The molecule has 0 aliphatic rings. The highest BCUT2D eigenvalue weighted by atomic mass is 79.9. The van der Waals surface area contributed by atoms with E-state index in [2.05, 4.69) is 27.8 Å². The lowest BCUT2D eigenvalue weighted by atomic mass is 10.2. The Bertz CT molecular complexity index is 685. The second-order valence-corrected chi connectivity index (χ2v) is 5.34. The number of carbonyl (C=O) groups is 1. The minimum Gasteiger partial charge on any atom is -0.496 e. The molecule has 0 atom stereocenters. The first-order valence-corrected chi connectivity index (χ1v) is 7.42. The Morgan fingerprint density at radius 1 is 1.32 bits per heavy atom. The molecule has 114 valence electrons. The number of benzene rings is 2. The lowest BCUT2D eigenvalue weighted by Gasteiger charge is -2.11. The molecule has 0 bridgehead atoms. The molecule has 0 heterocycles. The predicted octanol–water partition coefficient (Wildman–Crippen LogP) is 4.27. The minimum absolute atomic E-state index is 0.251. The molecule has 1 N–H and O–H groups in total. The van der Waals surface area contributed by atoms with E-state index in [-0.39, 0.29) is 5.91 Å². The molecule has 1 amide bonds. The van der Waals surface area contributed by atoms with Gasteiger partial charge in [0.15, 0.2) is 0 Å². The van der Waals surface area contributed by atoms with Gasteiger partial charge in [-0.15, -0.1) is 0 Å². The van der Waals surface area contributed by atoms with E-state index < -0.39 is 0 Å². The van der Waals surface area contributed by atoms with Crippen LogP contribution in [0.15, 0.2) is 59.6 Å². The van der Waals surface area contributed by atoms with Gasteiger partial charge in [-0.1, -0.05) is 34.7 Å². The molecule has 0 spiro atoms. The van der Waals surface area contributed by atoms with Crippen molar-refractivity contribution in [1.82, 2.24) is 0 Å². The summed E-state index contributed by atoms with van der Waals surface area (Å²) in [5, 5.41) is 2.83. The van der Waals surface area contributed by atoms with Gasteiger partial charge in [-0.2, -0.15) is 0 Å². The molecule has 22 heavy (non-hydrogen) atoms. The van der Waals surface area contributed by atoms with E-state index in [9.17, 15) is 4.79 Å². The molecule has 2 aromatic rings. The maximum Gasteiger partial charge on any atom is 0.259 e. The molecule has 0 aliphatic heterocycles. The van der Waals surface area contributed by atoms with E-state index in [1.54, 1.807) is 30.3 Å². The Labute approximate surface area is 137 Å². The summed E-state index contributed by atoms with van der Waals surface area (Å²) in [5.41, 5.74) is 1.10. The SMILES string of the molecule is C=CCOc1cccc(NC(=O)c2cc(Br)ccc2OC)c1. The number of methoxy groups -OCH3 is 1. The van der Waals surface area contributed by atoms with Gasteiger partial charge in [-0.25, -0.2) is 0 Å². The molecule has 0 radical (unpaired) electrons. The predicted molar refractivity (Wildman–Crippen MR) is 90.8 cm³/mol. The third-order valence-electron chi connectivity index (χ3n) is 2.87. The molecule has 0 saturated heterocycles. The van der Waals surface area contributed by atoms with Crippen LogP contribution in [0.4, 0.5) is 5.69 Å². The molecule has 4 nitrogen and oxygen atoms in total. The summed E-state index contributed by atoms with van der Waals surface area (Å²) < 4.78 is 11.5. The highest BCUT2D eigenvalue weighted by Crippen LogP contribution is 2.25. The van der Waals surface area contributed by atoms with Gasteiger partial charge in [0.1, 0.15) is 18.1 Å². The Kier molecular flexibility index (Phi) is 5.61. The van der Waals surface area contributed by atoms with Crippen LogP contribution in [0.25, 0.3) is 0 Å². The molecule has 0 unspecified atom stereocenters. The summed E-state index contributed by atoms with van der Waals surface area (Å²) in [6, 6.07) is 12.5. The van der Waals surface area contributed by atoms with Crippen molar-refractivity contribution < 1.29 is 14.3 Å². The number of amides is 1. The molecule has 2 aromatic carbocycles. The van der Waals surface area contributed by atoms with Crippen LogP contribution in [0, 0.1) is 0 Å². The number of anilines is 1. The number of nitrogens with one attached hydrogen (secondary N) is 1. The molecule has 5 heteroatoms. The maximum atomic E-state index is 12.4. The second kappa shape index (κ2) is 7.66. The van der Waals surface area contributed by atoms with Crippen molar-refractivity contribution in [3.63, 3.8) is 0 Å². The number of carbonyl (C=O) groups excluding carboxylic acids is 1. The van der Waals surface area contributed by atoms with Crippen LogP contribution >= 0.6 is 15.9 Å². The molecule has 0 saturated carbocycles. The number of rotatable bonds is 6. The summed E-state index contributed by atoms with van der Waals surface area (Å²) >= 11 is 3.35. The largest absolute Gasteiger partial charge is 0.496 e. The first kappa shape index (κ1) is 16.1. The number of hydrogen-bond acceptors (Lipinski definition) is 3. The van der Waals surface area contributed by atoms with Crippen LogP contribution in [-0.2, 0) is 0 Å². The fourth-order valence-electron chi connectivity index (χ4n) is 1.87. The van der Waals surface area contributed by atoms with Gasteiger partial charge in [-0.05, 0) is 30.3 Å². The van der Waals surface area contributed by atoms with Gasteiger partial charge in [0.05, 0.1) is 12.7 Å². The Morgan fingerprint density at radius 3 is 2.86 bits per heavy atom. The van der Waals surface area contributed by atoms with E-state index in [1.807, 2.05) is 18.2 Å². The average molecular weight is 362 g/mol. The number of ether oxygens (including phenoxy) is 2. The average Bonchev–Trinajstić information content (AvgIpc) is 2.53. The van der Waals surface area contributed by atoms with Gasteiger partial charge < -0.3 is 14.8 Å². The topological polar surface area (TPSA) is 47.6 Å². The quantitative estimate of drug-likeness (QED) is 0.781. The van der Waals surface area contributed by atoms with Gasteiger partial charge in [-0.3, -0.25) is 4.79 Å². The standard InChI is InChI=1S/C17H16BrNO3/c1-3-9-22-14-6-4-5-13(11-14)19-17(20)15-10-12(18)7-8-16(15)21-2/h3-8,10-11H,1,9H2,2H3,(H,19,20). The van der Waals surface area contributed by atoms with Crippen molar-refractivity contribution >= 4 is 27.5 Å². The fraction of sp³-hybridized carbons (Fsp3) is 0.118. The van der Waals surface area contributed by atoms with Crippen LogP contribution in [-0.4, -0.2) is 19.6 Å².